The smallest absolute Gasteiger partial charge is 0.251 e. The molecule has 1 N–H and O–H groups in total. The number of hydrogen-bond acceptors (Lipinski definition) is 3. The molecule has 2 rings (SSSR count). The molecule has 0 spiro atoms. The van der Waals surface area contributed by atoms with Crippen LogP contribution in [0.4, 0.5) is 0 Å². The van der Waals surface area contributed by atoms with Crippen LogP contribution >= 0.6 is 23.2 Å². The lowest BCUT2D eigenvalue weighted by molar-refractivity contribution is -0.148. The highest BCUT2D eigenvalue weighted by Gasteiger charge is 2.23. The molecule has 2 unspecified atom stereocenters. The summed E-state index contributed by atoms with van der Waals surface area (Å²) in [6.45, 7) is 3.22. The van der Waals surface area contributed by atoms with E-state index in [1.165, 1.54) is 0 Å². The first kappa shape index (κ1) is 15.6. The van der Waals surface area contributed by atoms with Gasteiger partial charge in [0.05, 0.1) is 19.8 Å². The van der Waals surface area contributed by atoms with Crippen molar-refractivity contribution in [1.29, 1.82) is 0 Å². The van der Waals surface area contributed by atoms with E-state index in [0.29, 0.717) is 36.3 Å². The van der Waals surface area contributed by atoms with Crippen molar-refractivity contribution in [1.82, 2.24) is 5.32 Å². The lowest BCUT2D eigenvalue weighted by atomic mass is 10.1. The minimum Gasteiger partial charge on any atom is -0.376 e. The molecule has 1 heterocycles. The van der Waals surface area contributed by atoms with Crippen LogP contribution in [0, 0.1) is 0 Å². The molecule has 2 atom stereocenters. The molecule has 0 aromatic heterocycles. The van der Waals surface area contributed by atoms with Gasteiger partial charge in [-0.15, -0.1) is 0 Å². The van der Waals surface area contributed by atoms with Gasteiger partial charge in [-0.2, -0.15) is 0 Å². The Morgan fingerprint density at radius 3 is 2.90 bits per heavy atom. The molecular formula is C14H17Cl2NO3. The zero-order valence-corrected chi connectivity index (χ0v) is 12.7. The Bertz CT molecular complexity index is 475. The summed E-state index contributed by atoms with van der Waals surface area (Å²) in [4.78, 5) is 12.0. The third kappa shape index (κ3) is 4.35. The van der Waals surface area contributed by atoms with E-state index in [2.05, 4.69) is 5.32 Å². The zero-order chi connectivity index (χ0) is 14.5. The summed E-state index contributed by atoms with van der Waals surface area (Å²) >= 11 is 12.0. The van der Waals surface area contributed by atoms with Gasteiger partial charge in [0.2, 0.25) is 0 Å². The highest BCUT2D eigenvalue weighted by Crippen LogP contribution is 2.22. The molecule has 1 aromatic rings. The van der Waals surface area contributed by atoms with Gasteiger partial charge < -0.3 is 14.8 Å². The van der Waals surface area contributed by atoms with Crippen molar-refractivity contribution >= 4 is 29.1 Å². The minimum absolute atomic E-state index is 0.0493. The number of rotatable bonds is 4. The Labute approximate surface area is 128 Å². The summed E-state index contributed by atoms with van der Waals surface area (Å²) in [6.07, 6.45) is 0.113. The minimum atomic E-state index is -0.521. The molecule has 0 aliphatic carbocycles. The Morgan fingerprint density at radius 1 is 1.45 bits per heavy atom. The zero-order valence-electron chi connectivity index (χ0n) is 11.2. The van der Waals surface area contributed by atoms with Crippen molar-refractivity contribution in [3.63, 3.8) is 0 Å². The molecule has 1 aromatic carbocycles. The topological polar surface area (TPSA) is 47.6 Å². The lowest BCUT2D eigenvalue weighted by Gasteiger charge is -2.24. The monoisotopic (exact) mass is 317 g/mol. The molecule has 6 heteroatoms. The van der Waals surface area contributed by atoms with Crippen molar-refractivity contribution < 1.29 is 14.3 Å². The fourth-order valence-corrected chi connectivity index (χ4v) is 2.53. The molecule has 4 nitrogen and oxygen atoms in total. The number of hydrogen-bond donors (Lipinski definition) is 1. The van der Waals surface area contributed by atoms with Crippen LogP contribution in [0.5, 0.6) is 0 Å². The number of nitrogens with one attached hydrogen (secondary N) is 1. The maximum Gasteiger partial charge on any atom is 0.251 e. The number of halogens is 2. The molecule has 1 aliphatic heterocycles. The molecule has 20 heavy (non-hydrogen) atoms. The molecule has 1 saturated heterocycles. The predicted octanol–water partition coefficient (Wildman–Crippen LogP) is 2.46. The molecular weight excluding hydrogens is 301 g/mol. The van der Waals surface area contributed by atoms with Crippen molar-refractivity contribution in [2.24, 2.45) is 0 Å². The summed E-state index contributed by atoms with van der Waals surface area (Å²) in [5.41, 5.74) is 0.949. The number of benzene rings is 1. The summed E-state index contributed by atoms with van der Waals surface area (Å²) in [5, 5.41) is 4.11. The van der Waals surface area contributed by atoms with E-state index in [1.54, 1.807) is 12.1 Å². The van der Waals surface area contributed by atoms with Crippen LogP contribution < -0.4 is 5.32 Å². The van der Waals surface area contributed by atoms with Gasteiger partial charge in [-0.1, -0.05) is 29.3 Å². The van der Waals surface area contributed by atoms with E-state index in [4.69, 9.17) is 32.7 Å². The van der Waals surface area contributed by atoms with Crippen molar-refractivity contribution in [2.45, 2.75) is 25.5 Å². The molecule has 0 radical (unpaired) electrons. The van der Waals surface area contributed by atoms with Crippen LogP contribution in [-0.4, -0.2) is 37.9 Å². The van der Waals surface area contributed by atoms with Crippen LogP contribution in [0.15, 0.2) is 18.2 Å². The third-order valence-electron chi connectivity index (χ3n) is 3.04. The van der Waals surface area contributed by atoms with Crippen LogP contribution in [-0.2, 0) is 20.7 Å². The van der Waals surface area contributed by atoms with Gasteiger partial charge in [0.15, 0.2) is 6.10 Å². The van der Waals surface area contributed by atoms with Crippen LogP contribution in [0.2, 0.25) is 10.0 Å². The Hall–Kier alpha value is -0.810. The summed E-state index contributed by atoms with van der Waals surface area (Å²) in [6, 6.07) is 5.31. The molecule has 1 amide bonds. The average Bonchev–Trinajstić information content (AvgIpc) is 2.43. The Morgan fingerprint density at radius 2 is 2.25 bits per heavy atom. The fraction of sp³-hybridized carbons (Fsp3) is 0.500. The highest BCUT2D eigenvalue weighted by atomic mass is 35.5. The number of ether oxygens (including phenoxy) is 2. The second-order valence-electron chi connectivity index (χ2n) is 4.78. The summed E-state index contributed by atoms with van der Waals surface area (Å²) in [5.74, 6) is -0.151. The van der Waals surface area contributed by atoms with Gasteiger partial charge in [-0.05, 0) is 31.0 Å². The standard InChI is InChI=1S/C14H17Cl2NO3/c1-9(6-10-2-3-11(15)7-12(10)16)17-14(18)13-8-19-4-5-20-13/h2-3,7,9,13H,4-6,8H2,1H3,(H,17,18). The second kappa shape index (κ2) is 7.27. The van der Waals surface area contributed by atoms with Gasteiger partial charge in [0.25, 0.3) is 5.91 Å². The normalized spacial score (nSPS) is 20.4. The third-order valence-corrected chi connectivity index (χ3v) is 3.63. The van der Waals surface area contributed by atoms with Crippen LogP contribution in [0.1, 0.15) is 12.5 Å². The van der Waals surface area contributed by atoms with Crippen LogP contribution in [0.3, 0.4) is 0 Å². The summed E-state index contributed by atoms with van der Waals surface area (Å²) < 4.78 is 10.6. The molecule has 1 fully saturated rings. The first-order valence-electron chi connectivity index (χ1n) is 6.50. The fourth-order valence-electron chi connectivity index (χ4n) is 2.04. The van der Waals surface area contributed by atoms with Gasteiger partial charge in [0.1, 0.15) is 0 Å². The first-order valence-corrected chi connectivity index (χ1v) is 7.25. The molecule has 110 valence electrons. The highest BCUT2D eigenvalue weighted by molar-refractivity contribution is 6.35. The van der Waals surface area contributed by atoms with Gasteiger partial charge in [-0.25, -0.2) is 0 Å². The van der Waals surface area contributed by atoms with E-state index in [0.717, 1.165) is 5.56 Å². The number of carbonyl (C=O) groups excluding carboxylic acids is 1. The quantitative estimate of drug-likeness (QED) is 0.928. The second-order valence-corrected chi connectivity index (χ2v) is 5.63. The number of carbonyl (C=O) groups is 1. The van der Waals surface area contributed by atoms with E-state index in [-0.39, 0.29) is 11.9 Å². The van der Waals surface area contributed by atoms with E-state index in [9.17, 15) is 4.79 Å². The maximum absolute atomic E-state index is 12.0. The molecule has 0 bridgehead atoms. The average molecular weight is 318 g/mol. The molecule has 1 aliphatic rings. The lowest BCUT2D eigenvalue weighted by Crippen LogP contribution is -2.46. The van der Waals surface area contributed by atoms with Gasteiger partial charge >= 0.3 is 0 Å². The van der Waals surface area contributed by atoms with Crippen molar-refractivity contribution in [3.8, 4) is 0 Å². The van der Waals surface area contributed by atoms with E-state index >= 15 is 0 Å². The Kier molecular flexibility index (Phi) is 5.66. The Balaban J connectivity index is 1.88. The van der Waals surface area contributed by atoms with Gasteiger partial charge in [0, 0.05) is 16.1 Å². The van der Waals surface area contributed by atoms with E-state index in [1.807, 2.05) is 13.0 Å². The predicted molar refractivity (Wildman–Crippen MR) is 78.3 cm³/mol. The summed E-state index contributed by atoms with van der Waals surface area (Å²) in [7, 11) is 0. The van der Waals surface area contributed by atoms with E-state index < -0.39 is 6.10 Å². The molecule has 0 saturated carbocycles. The number of amides is 1. The first-order chi connectivity index (χ1) is 9.56. The van der Waals surface area contributed by atoms with Crippen molar-refractivity contribution in [3.05, 3.63) is 33.8 Å². The SMILES string of the molecule is CC(Cc1ccc(Cl)cc1Cl)NC(=O)C1COCCO1. The largest absolute Gasteiger partial charge is 0.376 e. The van der Waals surface area contributed by atoms with Crippen LogP contribution in [0.25, 0.3) is 0 Å². The van der Waals surface area contributed by atoms with Crippen molar-refractivity contribution in [2.75, 3.05) is 19.8 Å². The maximum atomic E-state index is 12.0. The van der Waals surface area contributed by atoms with Gasteiger partial charge in [-0.3, -0.25) is 4.79 Å².